The first-order chi connectivity index (χ1) is 14.8. The van der Waals surface area contributed by atoms with Crippen LogP contribution < -0.4 is 14.8 Å². The molecule has 3 rings (SSSR count). The number of hydrogen-bond donors (Lipinski definition) is 2. The van der Waals surface area contributed by atoms with Crippen LogP contribution in [0.5, 0.6) is 5.75 Å². The van der Waals surface area contributed by atoms with Crippen molar-refractivity contribution in [2.24, 2.45) is 5.92 Å². The van der Waals surface area contributed by atoms with E-state index in [1.54, 1.807) is 12.1 Å². The first-order valence-electron chi connectivity index (χ1n) is 10.4. The van der Waals surface area contributed by atoms with E-state index in [9.17, 15) is 22.4 Å². The molecule has 11 heteroatoms. The first-order valence-corrected chi connectivity index (χ1v) is 12.0. The second-order valence-electron chi connectivity index (χ2n) is 7.78. The van der Waals surface area contributed by atoms with Crippen molar-refractivity contribution in [3.63, 3.8) is 0 Å². The number of benzene rings is 1. The van der Waals surface area contributed by atoms with Gasteiger partial charge in [-0.15, -0.1) is 0 Å². The van der Waals surface area contributed by atoms with Gasteiger partial charge in [0.05, 0.1) is 12.4 Å². The molecule has 1 heterocycles. The summed E-state index contributed by atoms with van der Waals surface area (Å²) in [5.41, 5.74) is 0.638. The third-order valence-electron chi connectivity index (χ3n) is 5.08. The third kappa shape index (κ3) is 7.15. The van der Waals surface area contributed by atoms with Gasteiger partial charge in [-0.1, -0.05) is 13.0 Å². The second kappa shape index (κ2) is 10.4. The summed E-state index contributed by atoms with van der Waals surface area (Å²) in [5, 5.41) is 2.13. The summed E-state index contributed by atoms with van der Waals surface area (Å²) < 4.78 is 52.5. The van der Waals surface area contributed by atoms with Crippen molar-refractivity contribution in [2.45, 2.75) is 38.6 Å². The Balaban J connectivity index is 1.46. The van der Waals surface area contributed by atoms with Crippen molar-refractivity contribution in [1.29, 1.82) is 0 Å². The molecule has 2 fully saturated rings. The van der Waals surface area contributed by atoms with Gasteiger partial charge in [-0.3, -0.25) is 15.0 Å². The van der Waals surface area contributed by atoms with Gasteiger partial charge in [-0.05, 0) is 49.3 Å². The highest BCUT2D eigenvalue weighted by Crippen LogP contribution is 2.31. The highest BCUT2D eigenvalue weighted by molar-refractivity contribution is 7.89. The van der Waals surface area contributed by atoms with Crippen LogP contribution in [0.1, 0.15) is 44.2 Å². The van der Waals surface area contributed by atoms with E-state index in [0.29, 0.717) is 24.5 Å². The zero-order chi connectivity index (χ0) is 22.4. The average molecular weight is 458 g/mol. The van der Waals surface area contributed by atoms with Gasteiger partial charge in [0.15, 0.2) is 11.6 Å². The Labute approximate surface area is 181 Å². The fourth-order valence-corrected chi connectivity index (χ4v) is 4.47. The number of urea groups is 1. The minimum absolute atomic E-state index is 0.0686. The minimum Gasteiger partial charge on any atom is -0.490 e. The van der Waals surface area contributed by atoms with Crippen LogP contribution in [0.3, 0.4) is 0 Å². The first kappa shape index (κ1) is 23.4. The van der Waals surface area contributed by atoms with E-state index < -0.39 is 33.8 Å². The molecule has 31 heavy (non-hydrogen) atoms. The lowest BCUT2D eigenvalue weighted by molar-refractivity contribution is -0.118. The molecule has 1 saturated carbocycles. The molecule has 1 aliphatic heterocycles. The lowest BCUT2D eigenvalue weighted by Crippen LogP contribution is -2.32. The van der Waals surface area contributed by atoms with E-state index >= 15 is 0 Å². The number of imide groups is 1. The highest BCUT2D eigenvalue weighted by Gasteiger charge is 2.26. The van der Waals surface area contributed by atoms with E-state index in [1.807, 2.05) is 6.92 Å². The number of ether oxygens (including phenoxy) is 2. The molecule has 172 valence electrons. The molecule has 9 nitrogen and oxygen atoms in total. The predicted molar refractivity (Wildman–Crippen MR) is 110 cm³/mol. The van der Waals surface area contributed by atoms with Crippen LogP contribution >= 0.6 is 0 Å². The lowest BCUT2D eigenvalue weighted by atomic mass is 10.1. The zero-order valence-corrected chi connectivity index (χ0v) is 18.3. The monoisotopic (exact) mass is 457 g/mol. The molecule has 1 atom stereocenters. The summed E-state index contributed by atoms with van der Waals surface area (Å²) in [6.45, 7) is 2.27. The van der Waals surface area contributed by atoms with Crippen molar-refractivity contribution in [3.8, 4) is 5.75 Å². The molecule has 1 aromatic rings. The molecule has 1 aliphatic carbocycles. The number of sulfonamides is 1. The second-order valence-corrected chi connectivity index (χ2v) is 9.66. The van der Waals surface area contributed by atoms with Gasteiger partial charge in [0.2, 0.25) is 15.9 Å². The molecule has 0 bridgehead atoms. The lowest BCUT2D eigenvalue weighted by Gasteiger charge is -2.19. The summed E-state index contributed by atoms with van der Waals surface area (Å²) in [4.78, 5) is 23.7. The Hall–Kier alpha value is -2.24. The molecule has 0 unspecified atom stereocenters. The van der Waals surface area contributed by atoms with Crippen LogP contribution in [0, 0.1) is 11.7 Å². The molecule has 1 aromatic carbocycles. The van der Waals surface area contributed by atoms with Gasteiger partial charge in [0.25, 0.3) is 0 Å². The van der Waals surface area contributed by atoms with Crippen LogP contribution in [0.15, 0.2) is 18.2 Å². The topological polar surface area (TPSA) is 114 Å². The molecule has 0 aromatic heterocycles. The number of hydrogen-bond acceptors (Lipinski definition) is 6. The van der Waals surface area contributed by atoms with E-state index in [-0.39, 0.29) is 37.8 Å². The molecule has 2 N–H and O–H groups in total. The largest absolute Gasteiger partial charge is 0.490 e. The van der Waals surface area contributed by atoms with Gasteiger partial charge >= 0.3 is 6.03 Å². The fourth-order valence-electron chi connectivity index (χ4n) is 3.12. The minimum atomic E-state index is -3.61. The van der Waals surface area contributed by atoms with Gasteiger partial charge < -0.3 is 9.47 Å². The van der Waals surface area contributed by atoms with Crippen molar-refractivity contribution in [2.75, 3.05) is 32.2 Å². The van der Waals surface area contributed by atoms with Crippen molar-refractivity contribution in [3.05, 3.63) is 29.6 Å². The maximum Gasteiger partial charge on any atom is 0.326 e. The van der Waals surface area contributed by atoms with Gasteiger partial charge in [-0.25, -0.2) is 22.3 Å². The Bertz CT molecular complexity index is 906. The Morgan fingerprint density at radius 2 is 2.10 bits per heavy atom. The number of amides is 3. The van der Waals surface area contributed by atoms with Gasteiger partial charge in [0, 0.05) is 12.6 Å². The Morgan fingerprint density at radius 3 is 2.74 bits per heavy atom. The Kier molecular flexibility index (Phi) is 7.84. The van der Waals surface area contributed by atoms with Crippen molar-refractivity contribution in [1.82, 2.24) is 14.9 Å². The summed E-state index contributed by atoms with van der Waals surface area (Å²) in [6, 6.07) is 3.38. The maximum absolute atomic E-state index is 14.0. The molecule has 3 amide bonds. The van der Waals surface area contributed by atoms with Crippen LogP contribution in [0.2, 0.25) is 0 Å². The Morgan fingerprint density at radius 1 is 1.32 bits per heavy atom. The summed E-state index contributed by atoms with van der Waals surface area (Å²) >= 11 is 0. The molecular formula is C20H28FN3O6S. The molecule has 1 saturated heterocycles. The van der Waals surface area contributed by atoms with E-state index in [2.05, 4.69) is 10.0 Å². The number of halogens is 1. The molecule has 0 radical (unpaired) electrons. The predicted octanol–water partition coefficient (Wildman–Crippen LogP) is 1.90. The van der Waals surface area contributed by atoms with Crippen molar-refractivity contribution >= 4 is 22.0 Å². The van der Waals surface area contributed by atoms with E-state index in [1.165, 1.54) is 11.0 Å². The quantitative estimate of drug-likeness (QED) is 0.345. The van der Waals surface area contributed by atoms with E-state index in [0.717, 1.165) is 12.8 Å². The van der Waals surface area contributed by atoms with Crippen LogP contribution in [0.25, 0.3) is 0 Å². The molecule has 0 spiro atoms. The summed E-state index contributed by atoms with van der Waals surface area (Å²) in [5.74, 6) is -0.410. The van der Waals surface area contributed by atoms with Gasteiger partial charge in [0.1, 0.15) is 13.3 Å². The number of rotatable bonds is 13. The van der Waals surface area contributed by atoms with Crippen LogP contribution in [-0.2, 0) is 19.6 Å². The summed E-state index contributed by atoms with van der Waals surface area (Å²) in [6.07, 6.45) is 2.88. The number of carbonyl (C=O) groups excluding carboxylic acids is 2. The number of nitrogens with one attached hydrogen (secondary N) is 2. The van der Waals surface area contributed by atoms with E-state index in [4.69, 9.17) is 9.47 Å². The fraction of sp³-hybridized carbons (Fsp3) is 0.600. The zero-order valence-electron chi connectivity index (χ0n) is 17.4. The molecular weight excluding hydrogens is 429 g/mol. The van der Waals surface area contributed by atoms with Crippen LogP contribution in [0.4, 0.5) is 9.18 Å². The maximum atomic E-state index is 14.0. The number of nitrogens with zero attached hydrogens (tertiary/aromatic N) is 1. The van der Waals surface area contributed by atoms with Crippen molar-refractivity contribution < 1.29 is 31.9 Å². The normalized spacial score (nSPS) is 17.7. The molecule has 2 aliphatic rings. The smallest absolute Gasteiger partial charge is 0.326 e. The SMILES string of the molecule is CC[C@@H](NS(=O)(=O)CCCOCN1CC(=O)NC1=O)c1ccc(F)c(OCC2CC2)c1. The van der Waals surface area contributed by atoms with Gasteiger partial charge in [-0.2, -0.15) is 0 Å². The summed E-state index contributed by atoms with van der Waals surface area (Å²) in [7, 11) is -3.61. The standard InChI is InChI=1S/C20H28FN3O6S/c1-2-17(15-6-7-16(21)18(10-15)30-12-14-4-5-14)23-31(27,28)9-3-8-29-13-24-11-19(25)22-20(24)26/h6-7,10,14,17,23H,2-5,8-9,11-13H2,1H3,(H,22,25,26)/t17-/m1/s1. The third-order valence-corrected chi connectivity index (χ3v) is 6.55. The highest BCUT2D eigenvalue weighted by atomic mass is 32.2. The number of carbonyl (C=O) groups is 2. The van der Waals surface area contributed by atoms with Crippen LogP contribution in [-0.4, -0.2) is 57.5 Å². The average Bonchev–Trinajstić information content (AvgIpc) is 3.49.